The largest absolute Gasteiger partial charge is 0.425 e. The molecule has 0 amide bonds. The number of rotatable bonds is 5. The maximum absolute atomic E-state index is 14.3. The number of hydrogen-bond acceptors (Lipinski definition) is 2. The molecule has 0 aliphatic carbocycles. The lowest BCUT2D eigenvalue weighted by Crippen LogP contribution is -2.53. The summed E-state index contributed by atoms with van der Waals surface area (Å²) in [4.78, 5) is 0.884. The van der Waals surface area contributed by atoms with E-state index in [1.807, 2.05) is 0 Å². The summed E-state index contributed by atoms with van der Waals surface area (Å²) < 4.78 is 124. The van der Waals surface area contributed by atoms with Crippen molar-refractivity contribution in [2.75, 3.05) is 13.1 Å². The summed E-state index contributed by atoms with van der Waals surface area (Å²) in [5.74, 6) is -9.23. The Hall–Kier alpha value is -0.710. The van der Waals surface area contributed by atoms with E-state index in [0.29, 0.717) is 12.8 Å². The van der Waals surface area contributed by atoms with Gasteiger partial charge in [0, 0.05) is 13.1 Å². The normalized spacial score (nSPS) is 29.4. The molecule has 0 aromatic rings. The molecule has 2 heterocycles. The second kappa shape index (κ2) is 7.73. The van der Waals surface area contributed by atoms with Crippen LogP contribution in [0.5, 0.6) is 0 Å². The highest BCUT2D eigenvalue weighted by molar-refractivity contribution is 4.97. The molecule has 2 aliphatic rings. The van der Waals surface area contributed by atoms with Crippen LogP contribution in [0.1, 0.15) is 38.5 Å². The van der Waals surface area contributed by atoms with Crippen LogP contribution in [0.2, 0.25) is 0 Å². The third-order valence-corrected chi connectivity index (χ3v) is 4.78. The second-order valence-corrected chi connectivity index (χ2v) is 6.73. The number of hydrogen-bond donors (Lipinski definition) is 0. The van der Waals surface area contributed by atoms with Crippen molar-refractivity contribution >= 4 is 0 Å². The van der Waals surface area contributed by atoms with Crippen LogP contribution in [0.25, 0.3) is 0 Å². The zero-order chi connectivity index (χ0) is 19.8. The zero-order valence-corrected chi connectivity index (χ0v) is 13.7. The average molecular weight is 401 g/mol. The summed E-state index contributed by atoms with van der Waals surface area (Å²) in [5, 5.41) is 0. The molecule has 11 heteroatoms. The predicted octanol–water partition coefficient (Wildman–Crippen LogP) is 4.88. The van der Waals surface area contributed by atoms with E-state index in [9.17, 15) is 39.5 Å². The maximum Gasteiger partial charge on any atom is 0.425 e. The van der Waals surface area contributed by atoms with Gasteiger partial charge in [0.05, 0.1) is 0 Å². The van der Waals surface area contributed by atoms with E-state index in [1.165, 1.54) is 0 Å². The van der Waals surface area contributed by atoms with E-state index in [2.05, 4.69) is 4.74 Å². The van der Waals surface area contributed by atoms with E-state index >= 15 is 0 Å². The van der Waals surface area contributed by atoms with Crippen LogP contribution in [0, 0.1) is 0 Å². The minimum Gasteiger partial charge on any atom is -0.362 e. The molecule has 2 fully saturated rings. The van der Waals surface area contributed by atoms with E-state index in [1.54, 1.807) is 0 Å². The Balaban J connectivity index is 2.05. The van der Waals surface area contributed by atoms with Gasteiger partial charge >= 0.3 is 18.0 Å². The highest BCUT2D eigenvalue weighted by Gasteiger charge is 2.64. The SMILES string of the molecule is FC(N1CCCCCC1)C(F)(F)C1CCC(C(F)(F)C(F)C(F)(F)F)O1. The fourth-order valence-electron chi connectivity index (χ4n) is 3.30. The molecule has 0 radical (unpaired) electrons. The van der Waals surface area contributed by atoms with Gasteiger partial charge in [-0.1, -0.05) is 12.8 Å². The first-order valence-electron chi connectivity index (χ1n) is 8.38. The zero-order valence-electron chi connectivity index (χ0n) is 13.7. The van der Waals surface area contributed by atoms with Crippen LogP contribution < -0.4 is 0 Å². The quantitative estimate of drug-likeness (QED) is 0.481. The number of nitrogens with zero attached hydrogens (tertiary/aromatic N) is 1. The fourth-order valence-corrected chi connectivity index (χ4v) is 3.30. The van der Waals surface area contributed by atoms with Crippen molar-refractivity contribution in [1.29, 1.82) is 0 Å². The van der Waals surface area contributed by atoms with Crippen molar-refractivity contribution in [2.24, 2.45) is 0 Å². The predicted molar refractivity (Wildman–Crippen MR) is 73.7 cm³/mol. The molecule has 4 atom stereocenters. The molecule has 0 N–H and O–H groups in total. The van der Waals surface area contributed by atoms with Crippen LogP contribution in [0.3, 0.4) is 0 Å². The van der Waals surface area contributed by atoms with Crippen LogP contribution in [0.15, 0.2) is 0 Å². The van der Waals surface area contributed by atoms with Gasteiger partial charge in [0.25, 0.3) is 6.17 Å². The van der Waals surface area contributed by atoms with E-state index in [4.69, 9.17) is 0 Å². The topological polar surface area (TPSA) is 12.5 Å². The third-order valence-electron chi connectivity index (χ3n) is 4.78. The molecule has 26 heavy (non-hydrogen) atoms. The fraction of sp³-hybridized carbons (Fsp3) is 1.00. The van der Waals surface area contributed by atoms with Crippen LogP contribution in [-0.4, -0.2) is 60.7 Å². The first-order chi connectivity index (χ1) is 11.9. The minimum atomic E-state index is -5.86. The van der Waals surface area contributed by atoms with Gasteiger partial charge in [-0.3, -0.25) is 4.90 Å². The first-order valence-corrected chi connectivity index (χ1v) is 8.38. The number of likely N-dealkylation sites (tertiary alicyclic amines) is 1. The molecule has 0 aromatic heterocycles. The number of alkyl halides is 9. The Bertz CT molecular complexity index is 463. The molecular formula is C15H20F9NO. The molecule has 0 aromatic carbocycles. The van der Waals surface area contributed by atoms with Gasteiger partial charge in [-0.05, 0) is 25.7 Å². The van der Waals surface area contributed by atoms with Crippen molar-refractivity contribution in [3.05, 3.63) is 0 Å². The summed E-state index contributed by atoms with van der Waals surface area (Å²) in [7, 11) is 0. The van der Waals surface area contributed by atoms with Gasteiger partial charge in [0.2, 0.25) is 6.30 Å². The van der Waals surface area contributed by atoms with Gasteiger partial charge in [-0.2, -0.15) is 22.0 Å². The summed E-state index contributed by atoms with van der Waals surface area (Å²) in [5.41, 5.74) is 0. The average Bonchev–Trinajstić information content (AvgIpc) is 2.91. The Morgan fingerprint density at radius 2 is 1.19 bits per heavy atom. The first kappa shape index (κ1) is 21.6. The molecule has 2 rings (SSSR count). The lowest BCUT2D eigenvalue weighted by atomic mass is 10.0. The molecule has 2 nitrogen and oxygen atoms in total. The highest BCUT2D eigenvalue weighted by atomic mass is 19.4. The van der Waals surface area contributed by atoms with Gasteiger partial charge in [-0.15, -0.1) is 0 Å². The molecule has 154 valence electrons. The van der Waals surface area contributed by atoms with Gasteiger partial charge < -0.3 is 4.74 Å². The molecule has 0 bridgehead atoms. The Kier molecular flexibility index (Phi) is 6.42. The number of ether oxygens (including phenoxy) is 1. The molecule has 2 aliphatic heterocycles. The lowest BCUT2D eigenvalue weighted by molar-refractivity contribution is -0.281. The van der Waals surface area contributed by atoms with Crippen LogP contribution in [-0.2, 0) is 4.74 Å². The molecule has 0 spiro atoms. The van der Waals surface area contributed by atoms with Gasteiger partial charge in [0.1, 0.15) is 12.2 Å². The molecule has 4 unspecified atom stereocenters. The van der Waals surface area contributed by atoms with Crippen molar-refractivity contribution in [1.82, 2.24) is 4.90 Å². The van der Waals surface area contributed by atoms with Crippen molar-refractivity contribution in [3.8, 4) is 0 Å². The van der Waals surface area contributed by atoms with Crippen molar-refractivity contribution in [2.45, 2.75) is 81.2 Å². The monoisotopic (exact) mass is 401 g/mol. The molecule has 2 saturated heterocycles. The Morgan fingerprint density at radius 3 is 1.65 bits per heavy atom. The van der Waals surface area contributed by atoms with Crippen LogP contribution >= 0.6 is 0 Å². The smallest absolute Gasteiger partial charge is 0.362 e. The summed E-state index contributed by atoms with van der Waals surface area (Å²) in [6.07, 6.45) is -17.4. The maximum atomic E-state index is 14.3. The van der Waals surface area contributed by atoms with Crippen molar-refractivity contribution in [3.63, 3.8) is 0 Å². The lowest BCUT2D eigenvalue weighted by Gasteiger charge is -2.34. The standard InChI is InChI=1S/C15H20F9NO/c16-11(15(22,23)24)13(18,19)9-5-6-10(26-9)14(20,21)12(17)25-7-3-1-2-4-8-25/h9-12H,1-8H2. The second-order valence-electron chi connectivity index (χ2n) is 6.73. The Morgan fingerprint density at radius 1 is 0.731 bits per heavy atom. The number of halogens is 9. The van der Waals surface area contributed by atoms with Crippen molar-refractivity contribution < 1.29 is 44.3 Å². The summed E-state index contributed by atoms with van der Waals surface area (Å²) >= 11 is 0. The summed E-state index contributed by atoms with van der Waals surface area (Å²) in [6.45, 7) is 0.118. The van der Waals surface area contributed by atoms with Gasteiger partial charge in [0.15, 0.2) is 0 Å². The highest BCUT2D eigenvalue weighted by Crippen LogP contribution is 2.45. The van der Waals surface area contributed by atoms with E-state index in [-0.39, 0.29) is 13.1 Å². The molecule has 0 saturated carbocycles. The van der Waals surface area contributed by atoms with Crippen LogP contribution in [0.4, 0.5) is 39.5 Å². The molecular weight excluding hydrogens is 381 g/mol. The summed E-state index contributed by atoms with van der Waals surface area (Å²) in [6, 6.07) is 0. The van der Waals surface area contributed by atoms with E-state index < -0.39 is 55.5 Å². The Labute approximate surface area is 144 Å². The van der Waals surface area contributed by atoms with Gasteiger partial charge in [-0.25, -0.2) is 17.6 Å². The van der Waals surface area contributed by atoms with E-state index in [0.717, 1.165) is 17.7 Å². The third kappa shape index (κ3) is 4.40. The minimum absolute atomic E-state index is 0.0592.